The lowest BCUT2D eigenvalue weighted by atomic mass is 9.75. The molecule has 1 aliphatic carbocycles. The van der Waals surface area contributed by atoms with Gasteiger partial charge in [-0.15, -0.1) is 0 Å². The molecule has 0 unspecified atom stereocenters. The molecular weight excluding hydrogens is 407 g/mol. The normalized spacial score (nSPS) is 14.8. The Balaban J connectivity index is 0.000000709. The lowest BCUT2D eigenvalue weighted by molar-refractivity contribution is -0.677. The highest BCUT2D eigenvalue weighted by molar-refractivity contribution is 5.83. The summed E-state index contributed by atoms with van der Waals surface area (Å²) in [5.74, 6) is 1.13. The number of aryl methyl sites for hydroxylation is 1. The molecule has 0 aliphatic heterocycles. The first-order valence-electron chi connectivity index (χ1n) is 12.5. The van der Waals surface area contributed by atoms with Crippen LogP contribution in [0.3, 0.4) is 0 Å². The first-order valence-corrected chi connectivity index (χ1v) is 12.5. The fraction of sp³-hybridized carbons (Fsp3) is 0.500. The molecule has 3 heteroatoms. The number of imidazole rings is 1. The van der Waals surface area contributed by atoms with Gasteiger partial charge in [-0.3, -0.25) is 0 Å². The van der Waals surface area contributed by atoms with E-state index in [-0.39, 0.29) is 5.41 Å². The summed E-state index contributed by atoms with van der Waals surface area (Å²) < 4.78 is 19.5. The number of rotatable bonds is 5. The molecule has 0 saturated heterocycles. The summed E-state index contributed by atoms with van der Waals surface area (Å²) in [6.45, 7) is 17.1. The molecule has 0 spiro atoms. The Labute approximate surface area is 200 Å². The predicted molar refractivity (Wildman–Crippen MR) is 138 cm³/mol. The molecule has 0 amide bonds. The SMILES string of the molecule is CCCC.CC[C@@H](F)C(C)(C)c1cc2c(cc1-n1cc[n+](C)c1C)C(C)(C)c1ccccc1-2. The Morgan fingerprint density at radius 1 is 1.00 bits per heavy atom. The van der Waals surface area contributed by atoms with Gasteiger partial charge >= 0.3 is 0 Å². The number of fused-ring (bicyclic) bond motifs is 3. The number of alkyl halides is 1. The van der Waals surface area contributed by atoms with Crippen molar-refractivity contribution >= 4 is 0 Å². The summed E-state index contributed by atoms with van der Waals surface area (Å²) >= 11 is 0. The summed E-state index contributed by atoms with van der Waals surface area (Å²) in [5, 5.41) is 0. The number of hydrogen-bond donors (Lipinski definition) is 0. The maximum atomic E-state index is 15.2. The van der Waals surface area contributed by atoms with Gasteiger partial charge in [0.15, 0.2) is 0 Å². The van der Waals surface area contributed by atoms with Crippen molar-refractivity contribution in [1.82, 2.24) is 4.57 Å². The molecular formula is C30H42FN2+. The lowest BCUT2D eigenvalue weighted by Crippen LogP contribution is -2.33. The van der Waals surface area contributed by atoms with E-state index in [1.165, 1.54) is 35.1 Å². The van der Waals surface area contributed by atoms with E-state index in [1.54, 1.807) is 0 Å². The maximum Gasteiger partial charge on any atom is 0.258 e. The Hall–Kier alpha value is -2.42. The van der Waals surface area contributed by atoms with E-state index in [2.05, 4.69) is 92.5 Å². The summed E-state index contributed by atoms with van der Waals surface area (Å²) in [7, 11) is 2.05. The van der Waals surface area contributed by atoms with E-state index in [9.17, 15) is 0 Å². The van der Waals surface area contributed by atoms with Gasteiger partial charge < -0.3 is 0 Å². The maximum absolute atomic E-state index is 15.2. The van der Waals surface area contributed by atoms with Crippen molar-refractivity contribution in [3.05, 3.63) is 71.3 Å². The second-order valence-electron chi connectivity index (χ2n) is 10.5. The monoisotopic (exact) mass is 449 g/mol. The van der Waals surface area contributed by atoms with Crippen molar-refractivity contribution in [2.45, 2.75) is 91.7 Å². The number of aromatic nitrogens is 2. The van der Waals surface area contributed by atoms with Crippen LogP contribution in [-0.2, 0) is 17.9 Å². The lowest BCUT2D eigenvalue weighted by Gasteiger charge is -2.31. The van der Waals surface area contributed by atoms with Crippen LogP contribution in [0.5, 0.6) is 0 Å². The van der Waals surface area contributed by atoms with Gasteiger partial charge in [0.1, 0.15) is 24.3 Å². The fourth-order valence-corrected chi connectivity index (χ4v) is 4.94. The van der Waals surface area contributed by atoms with Crippen molar-refractivity contribution in [2.24, 2.45) is 7.05 Å². The summed E-state index contributed by atoms with van der Waals surface area (Å²) in [4.78, 5) is 0. The van der Waals surface area contributed by atoms with Gasteiger partial charge in [-0.05, 0) is 40.8 Å². The summed E-state index contributed by atoms with van der Waals surface area (Å²) in [6, 6.07) is 13.2. The molecule has 1 heterocycles. The molecule has 0 radical (unpaired) electrons. The summed E-state index contributed by atoms with van der Waals surface area (Å²) in [6.07, 6.45) is 6.38. The standard InChI is InChI=1S/C26H32FN2.C4H10/c1-8-24(27)26(5,6)22-15-19-18-11-9-10-12-20(18)25(3,4)21(19)16-23(22)29-14-13-28(7)17(29)2;1-3-4-2/h9-16,24H,8H2,1-7H3;3-4H2,1-2H3/q+1;/t24-;/m1./s1. The van der Waals surface area contributed by atoms with Crippen LogP contribution in [-0.4, -0.2) is 10.7 Å². The smallest absolute Gasteiger partial charge is 0.247 e. The third-order valence-electron chi connectivity index (χ3n) is 7.59. The molecule has 0 fully saturated rings. The van der Waals surface area contributed by atoms with Crippen molar-refractivity contribution in [3.63, 3.8) is 0 Å². The topological polar surface area (TPSA) is 8.81 Å². The molecule has 0 saturated carbocycles. The number of halogens is 1. The number of nitrogens with zero attached hydrogens (tertiary/aromatic N) is 2. The first-order chi connectivity index (χ1) is 15.5. The molecule has 3 aromatic rings. The molecule has 1 aromatic heterocycles. The van der Waals surface area contributed by atoms with E-state index in [0.717, 1.165) is 17.1 Å². The van der Waals surface area contributed by atoms with Gasteiger partial charge in [0.2, 0.25) is 0 Å². The molecule has 2 nitrogen and oxygen atoms in total. The molecule has 178 valence electrons. The van der Waals surface area contributed by atoms with Gasteiger partial charge in [-0.25, -0.2) is 8.96 Å². The molecule has 33 heavy (non-hydrogen) atoms. The third-order valence-corrected chi connectivity index (χ3v) is 7.59. The van der Waals surface area contributed by atoms with Crippen LogP contribution in [0, 0.1) is 6.92 Å². The fourth-order valence-electron chi connectivity index (χ4n) is 4.94. The largest absolute Gasteiger partial charge is 0.258 e. The van der Waals surface area contributed by atoms with E-state index >= 15 is 4.39 Å². The molecule has 0 N–H and O–H groups in total. The number of benzene rings is 2. The minimum absolute atomic E-state index is 0.0769. The van der Waals surface area contributed by atoms with Crippen molar-refractivity contribution in [1.29, 1.82) is 0 Å². The molecule has 4 rings (SSSR count). The molecule has 2 aromatic carbocycles. The summed E-state index contributed by atoms with van der Waals surface area (Å²) in [5.41, 5.74) is 6.67. The van der Waals surface area contributed by atoms with E-state index in [4.69, 9.17) is 0 Å². The first kappa shape index (κ1) is 25.2. The second kappa shape index (κ2) is 9.44. The minimum Gasteiger partial charge on any atom is -0.247 e. The zero-order valence-electron chi connectivity index (χ0n) is 22.1. The van der Waals surface area contributed by atoms with Crippen LogP contribution >= 0.6 is 0 Å². The van der Waals surface area contributed by atoms with Gasteiger partial charge in [-0.1, -0.05) is 85.6 Å². The third kappa shape index (κ3) is 4.27. The average Bonchev–Trinajstić information content (AvgIpc) is 3.26. The average molecular weight is 450 g/mol. The molecule has 1 atom stereocenters. The molecule has 1 aliphatic rings. The van der Waals surface area contributed by atoms with Crippen molar-refractivity contribution in [2.75, 3.05) is 0 Å². The Morgan fingerprint density at radius 2 is 1.64 bits per heavy atom. The van der Waals surface area contributed by atoms with Crippen LogP contribution < -0.4 is 4.57 Å². The van der Waals surface area contributed by atoms with Crippen molar-refractivity contribution < 1.29 is 8.96 Å². The van der Waals surface area contributed by atoms with Crippen LogP contribution in [0.4, 0.5) is 4.39 Å². The Morgan fingerprint density at radius 3 is 2.18 bits per heavy atom. The highest BCUT2D eigenvalue weighted by atomic mass is 19.1. The van der Waals surface area contributed by atoms with Crippen LogP contribution in [0.2, 0.25) is 0 Å². The second-order valence-corrected chi connectivity index (χ2v) is 10.5. The Bertz CT molecular complexity index is 1120. The van der Waals surface area contributed by atoms with Gasteiger partial charge in [0.25, 0.3) is 5.82 Å². The van der Waals surface area contributed by atoms with E-state index in [1.807, 2.05) is 27.8 Å². The predicted octanol–water partition coefficient (Wildman–Crippen LogP) is 7.75. The minimum atomic E-state index is -0.909. The highest BCUT2D eigenvalue weighted by Crippen LogP contribution is 2.51. The van der Waals surface area contributed by atoms with E-state index < -0.39 is 11.6 Å². The van der Waals surface area contributed by atoms with Crippen LogP contribution in [0.15, 0.2) is 48.8 Å². The zero-order chi connectivity index (χ0) is 24.6. The van der Waals surface area contributed by atoms with Gasteiger partial charge in [0.05, 0.1) is 7.05 Å². The number of hydrogen-bond acceptors (Lipinski definition) is 0. The van der Waals surface area contributed by atoms with Crippen molar-refractivity contribution in [3.8, 4) is 16.8 Å². The zero-order valence-corrected chi connectivity index (χ0v) is 22.1. The molecule has 0 bridgehead atoms. The quantitative estimate of drug-likeness (QED) is 0.352. The van der Waals surface area contributed by atoms with Gasteiger partial charge in [-0.2, -0.15) is 4.57 Å². The highest BCUT2D eigenvalue weighted by Gasteiger charge is 2.41. The van der Waals surface area contributed by atoms with Gasteiger partial charge in [0, 0.05) is 23.3 Å². The number of unbranched alkanes of at least 4 members (excludes halogenated alkanes) is 1. The van der Waals surface area contributed by atoms with E-state index in [0.29, 0.717) is 6.42 Å². The Kier molecular flexibility index (Phi) is 7.21. The van der Waals surface area contributed by atoms with Crippen LogP contribution in [0.25, 0.3) is 16.8 Å². The van der Waals surface area contributed by atoms with Crippen LogP contribution in [0.1, 0.15) is 90.2 Å².